The van der Waals surface area contributed by atoms with Gasteiger partial charge < -0.3 is 10.1 Å². The van der Waals surface area contributed by atoms with Crippen LogP contribution in [0.2, 0.25) is 0 Å². The number of hydrogen-bond donors (Lipinski definition) is 1. The van der Waals surface area contributed by atoms with Crippen LogP contribution in [0.25, 0.3) is 0 Å². The molecule has 1 aliphatic carbocycles. The summed E-state index contributed by atoms with van der Waals surface area (Å²) in [5.74, 6) is 3.43. The minimum absolute atomic E-state index is 0.266. The third-order valence-electron chi connectivity index (χ3n) is 3.26. The van der Waals surface area contributed by atoms with E-state index < -0.39 is 5.60 Å². The highest BCUT2D eigenvalue weighted by molar-refractivity contribution is 5.68. The fourth-order valence-corrected chi connectivity index (χ4v) is 2.36. The average Bonchev–Trinajstić information content (AvgIpc) is 2.25. The van der Waals surface area contributed by atoms with Crippen molar-refractivity contribution in [3.05, 3.63) is 0 Å². The number of alkyl carbamates (subject to hydrolysis) is 1. The molecule has 0 unspecified atom stereocenters. The van der Waals surface area contributed by atoms with Gasteiger partial charge in [-0.25, -0.2) is 4.79 Å². The molecule has 1 N–H and O–H groups in total. The third kappa shape index (κ3) is 5.95. The summed E-state index contributed by atoms with van der Waals surface area (Å²) in [6.45, 7) is 5.63. The Bertz CT molecular complexity index is 303. The van der Waals surface area contributed by atoms with Crippen molar-refractivity contribution in [1.82, 2.24) is 5.32 Å². The molecule has 0 heterocycles. The van der Waals surface area contributed by atoms with Crippen molar-refractivity contribution in [2.45, 2.75) is 70.9 Å². The van der Waals surface area contributed by atoms with E-state index in [4.69, 9.17) is 11.2 Å². The minimum atomic E-state index is -0.423. The normalized spacial score (nSPS) is 24.1. The monoisotopic (exact) mass is 251 g/mol. The van der Waals surface area contributed by atoms with Crippen LogP contribution in [0.1, 0.15) is 59.3 Å². The van der Waals surface area contributed by atoms with E-state index >= 15 is 0 Å². The summed E-state index contributed by atoms with van der Waals surface area (Å²) in [6, 6.07) is 0.266. The molecule has 3 heteroatoms. The van der Waals surface area contributed by atoms with E-state index in [1.165, 1.54) is 0 Å². The van der Waals surface area contributed by atoms with Gasteiger partial charge in [0.2, 0.25) is 0 Å². The standard InChI is InChI=1S/C15H25NO2/c1-5-6-7-12-8-10-13(11-9-12)16-14(17)18-15(2,3)4/h1,12-13H,6-11H2,2-4H3,(H,16,17). The second-order valence-electron chi connectivity index (χ2n) is 6.11. The molecule has 0 aromatic heterocycles. The lowest BCUT2D eigenvalue weighted by Gasteiger charge is -2.29. The number of nitrogens with one attached hydrogen (secondary N) is 1. The van der Waals surface area contributed by atoms with Crippen LogP contribution in [0.5, 0.6) is 0 Å². The largest absolute Gasteiger partial charge is 0.444 e. The summed E-state index contributed by atoms with van der Waals surface area (Å²) in [5.41, 5.74) is -0.423. The molecule has 1 aliphatic rings. The summed E-state index contributed by atoms with van der Waals surface area (Å²) in [7, 11) is 0. The quantitative estimate of drug-likeness (QED) is 0.780. The van der Waals surface area contributed by atoms with E-state index in [2.05, 4.69) is 11.2 Å². The second-order valence-corrected chi connectivity index (χ2v) is 6.11. The Labute approximate surface area is 111 Å². The van der Waals surface area contributed by atoms with Crippen LogP contribution in [0, 0.1) is 18.3 Å². The van der Waals surface area contributed by atoms with Crippen molar-refractivity contribution in [1.29, 1.82) is 0 Å². The van der Waals surface area contributed by atoms with Gasteiger partial charge in [-0.05, 0) is 58.8 Å². The average molecular weight is 251 g/mol. The Morgan fingerprint density at radius 1 is 1.33 bits per heavy atom. The molecule has 0 radical (unpaired) electrons. The number of amides is 1. The van der Waals surface area contributed by atoms with Crippen molar-refractivity contribution in [3.63, 3.8) is 0 Å². The molecule has 1 rings (SSSR count). The zero-order valence-electron chi connectivity index (χ0n) is 11.8. The van der Waals surface area contributed by atoms with Gasteiger partial charge >= 0.3 is 6.09 Å². The minimum Gasteiger partial charge on any atom is -0.444 e. The van der Waals surface area contributed by atoms with E-state index in [-0.39, 0.29) is 12.1 Å². The van der Waals surface area contributed by atoms with Gasteiger partial charge in [-0.15, -0.1) is 12.3 Å². The van der Waals surface area contributed by atoms with Gasteiger partial charge in [0.15, 0.2) is 0 Å². The predicted molar refractivity (Wildman–Crippen MR) is 73.2 cm³/mol. The Morgan fingerprint density at radius 2 is 1.94 bits per heavy atom. The molecule has 102 valence electrons. The highest BCUT2D eigenvalue weighted by Gasteiger charge is 2.24. The molecule has 0 aromatic carbocycles. The van der Waals surface area contributed by atoms with Crippen LogP contribution in [0.4, 0.5) is 4.79 Å². The van der Waals surface area contributed by atoms with Crippen molar-refractivity contribution < 1.29 is 9.53 Å². The fraction of sp³-hybridized carbons (Fsp3) is 0.800. The van der Waals surface area contributed by atoms with Crippen LogP contribution in [0.15, 0.2) is 0 Å². The number of terminal acetylenes is 1. The van der Waals surface area contributed by atoms with Crippen molar-refractivity contribution in [2.75, 3.05) is 0 Å². The van der Waals surface area contributed by atoms with Crippen LogP contribution < -0.4 is 5.32 Å². The number of rotatable bonds is 3. The lowest BCUT2D eigenvalue weighted by molar-refractivity contribution is 0.0487. The van der Waals surface area contributed by atoms with Gasteiger partial charge in [0, 0.05) is 12.5 Å². The summed E-state index contributed by atoms with van der Waals surface area (Å²) in [6.07, 6.45) is 11.4. The van der Waals surface area contributed by atoms with Gasteiger partial charge in [0.05, 0.1) is 0 Å². The summed E-state index contributed by atoms with van der Waals surface area (Å²) < 4.78 is 5.26. The molecule has 3 nitrogen and oxygen atoms in total. The summed E-state index contributed by atoms with van der Waals surface area (Å²) in [5, 5.41) is 2.95. The zero-order valence-corrected chi connectivity index (χ0v) is 11.8. The van der Waals surface area contributed by atoms with Gasteiger partial charge in [0.1, 0.15) is 5.60 Å². The van der Waals surface area contributed by atoms with Gasteiger partial charge in [-0.1, -0.05) is 0 Å². The first kappa shape index (κ1) is 14.9. The molecule has 1 amide bonds. The van der Waals surface area contributed by atoms with Crippen LogP contribution >= 0.6 is 0 Å². The van der Waals surface area contributed by atoms with E-state index in [0.717, 1.165) is 44.4 Å². The summed E-state index contributed by atoms with van der Waals surface area (Å²) >= 11 is 0. The van der Waals surface area contributed by atoms with Gasteiger partial charge in [-0.3, -0.25) is 0 Å². The molecule has 0 aromatic rings. The Balaban J connectivity index is 2.23. The molecule has 1 saturated carbocycles. The highest BCUT2D eigenvalue weighted by Crippen LogP contribution is 2.27. The maximum Gasteiger partial charge on any atom is 0.407 e. The molecule has 0 saturated heterocycles. The number of carbonyl (C=O) groups excluding carboxylic acids is 1. The smallest absolute Gasteiger partial charge is 0.407 e. The zero-order chi connectivity index (χ0) is 13.6. The Morgan fingerprint density at radius 3 is 2.44 bits per heavy atom. The lowest BCUT2D eigenvalue weighted by Crippen LogP contribution is -2.40. The van der Waals surface area contributed by atoms with E-state index in [0.29, 0.717) is 0 Å². The molecular weight excluding hydrogens is 226 g/mol. The van der Waals surface area contributed by atoms with Crippen LogP contribution in [-0.4, -0.2) is 17.7 Å². The molecule has 0 spiro atoms. The third-order valence-corrected chi connectivity index (χ3v) is 3.26. The van der Waals surface area contributed by atoms with Gasteiger partial charge in [0.25, 0.3) is 0 Å². The number of hydrogen-bond acceptors (Lipinski definition) is 2. The highest BCUT2D eigenvalue weighted by atomic mass is 16.6. The Hall–Kier alpha value is -1.17. The molecular formula is C15H25NO2. The molecule has 0 aliphatic heterocycles. The van der Waals surface area contributed by atoms with Crippen LogP contribution in [-0.2, 0) is 4.74 Å². The van der Waals surface area contributed by atoms with Crippen molar-refractivity contribution in [3.8, 4) is 12.3 Å². The van der Waals surface area contributed by atoms with Crippen LogP contribution in [0.3, 0.4) is 0 Å². The Kier molecular flexibility index (Phi) is 5.53. The number of ether oxygens (including phenoxy) is 1. The molecule has 0 atom stereocenters. The number of carbonyl (C=O) groups is 1. The van der Waals surface area contributed by atoms with E-state index in [1.54, 1.807) is 0 Å². The van der Waals surface area contributed by atoms with E-state index in [9.17, 15) is 4.79 Å². The molecule has 0 bridgehead atoms. The lowest BCUT2D eigenvalue weighted by atomic mass is 9.83. The SMILES string of the molecule is C#CCCC1CCC(NC(=O)OC(C)(C)C)CC1. The fourth-order valence-electron chi connectivity index (χ4n) is 2.36. The maximum absolute atomic E-state index is 11.6. The first-order valence-electron chi connectivity index (χ1n) is 6.83. The first-order chi connectivity index (χ1) is 8.40. The van der Waals surface area contributed by atoms with E-state index in [1.807, 2.05) is 20.8 Å². The van der Waals surface area contributed by atoms with Gasteiger partial charge in [-0.2, -0.15) is 0 Å². The predicted octanol–water partition coefficient (Wildman–Crippen LogP) is 3.48. The topological polar surface area (TPSA) is 38.3 Å². The summed E-state index contributed by atoms with van der Waals surface area (Å²) in [4.78, 5) is 11.6. The van der Waals surface area contributed by atoms with Crippen molar-refractivity contribution >= 4 is 6.09 Å². The van der Waals surface area contributed by atoms with Crippen molar-refractivity contribution in [2.24, 2.45) is 5.92 Å². The molecule has 1 fully saturated rings. The first-order valence-corrected chi connectivity index (χ1v) is 6.83. The second kappa shape index (κ2) is 6.68. The molecule has 18 heavy (non-hydrogen) atoms. The maximum atomic E-state index is 11.6.